The SMILES string of the molecule is CC1(C)CN(C(=O)NCc2cccc(NC(=O)Nc3ccccc3)c2)CC(c2cccc(C(F)(F)F)c2)O1. The van der Waals surface area contributed by atoms with Crippen LogP contribution in [-0.4, -0.2) is 35.7 Å². The summed E-state index contributed by atoms with van der Waals surface area (Å²) in [5, 5.41) is 8.36. The standard InChI is InChI=1S/C28H29F3N4O3/c1-27(2)18-35(17-24(38-27)20-9-7-10-21(15-20)28(29,30)31)26(37)32-16-19-8-6-13-23(14-19)34-25(36)33-22-11-4-3-5-12-22/h3-15,24H,16-18H2,1-2H3,(H,32,37)(H2,33,34,36). The monoisotopic (exact) mass is 526 g/mol. The van der Waals surface area contributed by atoms with E-state index in [0.717, 1.165) is 17.7 Å². The molecule has 1 heterocycles. The number of carbonyl (C=O) groups excluding carboxylic acids is 2. The Hall–Kier alpha value is -4.05. The fourth-order valence-corrected chi connectivity index (χ4v) is 4.29. The van der Waals surface area contributed by atoms with Crippen molar-refractivity contribution in [3.63, 3.8) is 0 Å². The van der Waals surface area contributed by atoms with E-state index in [-0.39, 0.29) is 25.7 Å². The van der Waals surface area contributed by atoms with Crippen LogP contribution in [0.5, 0.6) is 0 Å². The zero-order valence-corrected chi connectivity index (χ0v) is 21.0. The number of nitrogens with one attached hydrogen (secondary N) is 3. The third kappa shape index (κ3) is 7.25. The quantitative estimate of drug-likeness (QED) is 0.359. The topological polar surface area (TPSA) is 82.7 Å². The molecule has 38 heavy (non-hydrogen) atoms. The predicted molar refractivity (Wildman–Crippen MR) is 139 cm³/mol. The summed E-state index contributed by atoms with van der Waals surface area (Å²) in [6, 6.07) is 20.3. The van der Waals surface area contributed by atoms with Crippen LogP contribution >= 0.6 is 0 Å². The second-order valence-corrected chi connectivity index (χ2v) is 9.67. The number of para-hydroxylation sites is 1. The van der Waals surface area contributed by atoms with Gasteiger partial charge in [-0.1, -0.05) is 42.5 Å². The van der Waals surface area contributed by atoms with Gasteiger partial charge >= 0.3 is 18.2 Å². The van der Waals surface area contributed by atoms with Gasteiger partial charge in [0.05, 0.1) is 24.3 Å². The Morgan fingerprint density at radius 2 is 1.63 bits per heavy atom. The lowest BCUT2D eigenvalue weighted by Crippen LogP contribution is -2.54. The van der Waals surface area contributed by atoms with Gasteiger partial charge in [-0.2, -0.15) is 13.2 Å². The molecule has 3 N–H and O–H groups in total. The average molecular weight is 527 g/mol. The highest BCUT2D eigenvalue weighted by Gasteiger charge is 2.37. The van der Waals surface area contributed by atoms with Gasteiger partial charge < -0.3 is 25.6 Å². The lowest BCUT2D eigenvalue weighted by molar-refractivity contribution is -0.138. The molecule has 3 aromatic rings. The number of alkyl halides is 3. The predicted octanol–water partition coefficient (Wildman–Crippen LogP) is 6.41. The third-order valence-electron chi connectivity index (χ3n) is 5.95. The van der Waals surface area contributed by atoms with E-state index in [1.54, 1.807) is 55.1 Å². The number of nitrogens with zero attached hydrogens (tertiary/aromatic N) is 1. The summed E-state index contributed by atoms with van der Waals surface area (Å²) in [6.07, 6.45) is -5.18. The number of halogens is 3. The number of morpholine rings is 1. The van der Waals surface area contributed by atoms with Crippen molar-refractivity contribution in [3.8, 4) is 0 Å². The maximum absolute atomic E-state index is 13.2. The van der Waals surface area contributed by atoms with Gasteiger partial charge in [-0.05, 0) is 61.4 Å². The van der Waals surface area contributed by atoms with Gasteiger partial charge in [0, 0.05) is 17.9 Å². The molecule has 0 bridgehead atoms. The van der Waals surface area contributed by atoms with Crippen LogP contribution in [0.1, 0.15) is 36.6 Å². The van der Waals surface area contributed by atoms with Gasteiger partial charge in [0.2, 0.25) is 0 Å². The summed E-state index contributed by atoms with van der Waals surface area (Å²) >= 11 is 0. The number of benzene rings is 3. The number of rotatable bonds is 5. The van der Waals surface area contributed by atoms with Crippen LogP contribution < -0.4 is 16.0 Å². The molecule has 4 amide bonds. The van der Waals surface area contributed by atoms with E-state index in [1.165, 1.54) is 6.07 Å². The number of amides is 4. The summed E-state index contributed by atoms with van der Waals surface area (Å²) in [7, 11) is 0. The Morgan fingerprint density at radius 3 is 2.37 bits per heavy atom. The molecule has 1 fully saturated rings. The van der Waals surface area contributed by atoms with Gasteiger partial charge in [-0.25, -0.2) is 9.59 Å². The fourth-order valence-electron chi connectivity index (χ4n) is 4.29. The van der Waals surface area contributed by atoms with Crippen molar-refractivity contribution in [3.05, 3.63) is 95.6 Å². The molecule has 1 aliphatic heterocycles. The van der Waals surface area contributed by atoms with Crippen molar-refractivity contribution in [2.24, 2.45) is 0 Å². The summed E-state index contributed by atoms with van der Waals surface area (Å²) in [4.78, 5) is 26.9. The first-order valence-corrected chi connectivity index (χ1v) is 12.1. The van der Waals surface area contributed by atoms with Crippen LogP contribution in [0.15, 0.2) is 78.9 Å². The molecule has 1 aliphatic rings. The van der Waals surface area contributed by atoms with Crippen molar-refractivity contribution >= 4 is 23.4 Å². The Morgan fingerprint density at radius 1 is 0.947 bits per heavy atom. The molecule has 7 nitrogen and oxygen atoms in total. The van der Waals surface area contributed by atoms with Crippen molar-refractivity contribution in [1.82, 2.24) is 10.2 Å². The molecule has 0 aromatic heterocycles. The Kier molecular flexibility index (Phi) is 7.91. The molecule has 0 radical (unpaired) electrons. The number of urea groups is 2. The highest BCUT2D eigenvalue weighted by Crippen LogP contribution is 2.35. The Labute approximate surface area is 219 Å². The zero-order chi connectivity index (χ0) is 27.3. The normalized spacial score (nSPS) is 17.0. The minimum Gasteiger partial charge on any atom is -0.364 e. The summed E-state index contributed by atoms with van der Waals surface area (Å²) in [6.45, 7) is 4.17. The highest BCUT2D eigenvalue weighted by atomic mass is 19.4. The molecule has 1 saturated heterocycles. The van der Waals surface area contributed by atoms with Gasteiger partial charge in [0.1, 0.15) is 6.10 Å². The molecule has 0 saturated carbocycles. The zero-order valence-electron chi connectivity index (χ0n) is 21.0. The van der Waals surface area contributed by atoms with E-state index >= 15 is 0 Å². The number of hydrogen-bond donors (Lipinski definition) is 3. The number of ether oxygens (including phenoxy) is 1. The minimum absolute atomic E-state index is 0.109. The summed E-state index contributed by atoms with van der Waals surface area (Å²) in [5.74, 6) is 0. The first-order chi connectivity index (χ1) is 18.0. The van der Waals surface area contributed by atoms with Crippen LogP contribution in [0.25, 0.3) is 0 Å². The van der Waals surface area contributed by atoms with Crippen LogP contribution in [-0.2, 0) is 17.5 Å². The molecule has 0 aliphatic carbocycles. The Balaban J connectivity index is 1.37. The van der Waals surface area contributed by atoms with E-state index in [0.29, 0.717) is 16.9 Å². The molecule has 10 heteroatoms. The van der Waals surface area contributed by atoms with E-state index < -0.39 is 29.5 Å². The minimum atomic E-state index is -4.47. The average Bonchev–Trinajstić information content (AvgIpc) is 2.86. The van der Waals surface area contributed by atoms with Gasteiger partial charge in [-0.15, -0.1) is 0 Å². The molecular formula is C28H29F3N4O3. The fraction of sp³-hybridized carbons (Fsp3) is 0.286. The van der Waals surface area contributed by atoms with E-state index in [2.05, 4.69) is 16.0 Å². The molecule has 0 spiro atoms. The van der Waals surface area contributed by atoms with Crippen LogP contribution in [0.4, 0.5) is 34.1 Å². The van der Waals surface area contributed by atoms with Crippen LogP contribution in [0.2, 0.25) is 0 Å². The molecule has 1 atom stereocenters. The second kappa shape index (κ2) is 11.1. The van der Waals surface area contributed by atoms with Crippen molar-refractivity contribution in [1.29, 1.82) is 0 Å². The second-order valence-electron chi connectivity index (χ2n) is 9.67. The summed E-state index contributed by atoms with van der Waals surface area (Å²) in [5.41, 5.74) is 0.817. The van der Waals surface area contributed by atoms with Gasteiger partial charge in [0.15, 0.2) is 0 Å². The smallest absolute Gasteiger partial charge is 0.364 e. The van der Waals surface area contributed by atoms with Crippen molar-refractivity contribution in [2.75, 3.05) is 23.7 Å². The third-order valence-corrected chi connectivity index (χ3v) is 5.95. The van der Waals surface area contributed by atoms with Gasteiger partial charge in [0.25, 0.3) is 0 Å². The Bertz CT molecular complexity index is 1280. The number of hydrogen-bond acceptors (Lipinski definition) is 3. The largest absolute Gasteiger partial charge is 0.416 e. The highest BCUT2D eigenvalue weighted by molar-refractivity contribution is 5.99. The molecular weight excluding hydrogens is 497 g/mol. The lowest BCUT2D eigenvalue weighted by atomic mass is 10.00. The maximum atomic E-state index is 13.2. The van der Waals surface area contributed by atoms with Crippen molar-refractivity contribution < 1.29 is 27.5 Å². The molecule has 4 rings (SSSR count). The lowest BCUT2D eigenvalue weighted by Gasteiger charge is -2.43. The van der Waals surface area contributed by atoms with Gasteiger partial charge in [-0.3, -0.25) is 0 Å². The molecule has 200 valence electrons. The van der Waals surface area contributed by atoms with E-state index in [1.807, 2.05) is 24.3 Å². The summed E-state index contributed by atoms with van der Waals surface area (Å²) < 4.78 is 45.7. The van der Waals surface area contributed by atoms with Crippen LogP contribution in [0.3, 0.4) is 0 Å². The van der Waals surface area contributed by atoms with Crippen LogP contribution in [0, 0.1) is 0 Å². The molecule has 1 unspecified atom stereocenters. The van der Waals surface area contributed by atoms with E-state index in [9.17, 15) is 22.8 Å². The van der Waals surface area contributed by atoms with E-state index in [4.69, 9.17) is 4.74 Å². The number of carbonyl (C=O) groups is 2. The molecule has 3 aromatic carbocycles. The van der Waals surface area contributed by atoms with Crippen molar-refractivity contribution in [2.45, 2.75) is 38.3 Å². The number of anilines is 2. The first kappa shape index (κ1) is 27.0. The maximum Gasteiger partial charge on any atom is 0.416 e. The first-order valence-electron chi connectivity index (χ1n) is 12.1.